The lowest BCUT2D eigenvalue weighted by molar-refractivity contribution is -0.274. The number of benzene rings is 2. The Labute approximate surface area is 257 Å². The quantitative estimate of drug-likeness (QED) is 0.290. The maximum absolute atomic E-state index is 13.6. The largest absolute Gasteiger partial charge is 0.573 e. The number of anilines is 1. The first kappa shape index (κ1) is 34.0. The lowest BCUT2D eigenvalue weighted by Gasteiger charge is -2.39. The lowest BCUT2D eigenvalue weighted by atomic mass is 10.1. The van der Waals surface area contributed by atoms with Gasteiger partial charge in [0.1, 0.15) is 16.7 Å². The molecule has 0 saturated carbocycles. The molecule has 45 heavy (non-hydrogen) atoms. The molecule has 1 aromatic heterocycles. The minimum Gasteiger partial charge on any atom is -0.477 e. The minimum atomic E-state index is -5.08. The van der Waals surface area contributed by atoms with Crippen molar-refractivity contribution in [1.82, 2.24) is 14.6 Å². The van der Waals surface area contributed by atoms with Crippen LogP contribution in [0.5, 0.6) is 5.75 Å². The van der Waals surface area contributed by atoms with Crippen molar-refractivity contribution in [3.8, 4) is 5.75 Å². The second-order valence-corrected chi connectivity index (χ2v) is 12.7. The van der Waals surface area contributed by atoms with E-state index in [2.05, 4.69) is 15.0 Å². The number of aromatic nitrogens is 1. The highest BCUT2D eigenvalue weighted by atomic mass is 32.2. The van der Waals surface area contributed by atoms with Gasteiger partial charge in [-0.2, -0.15) is 17.5 Å². The zero-order valence-electron chi connectivity index (χ0n) is 23.4. The zero-order valence-corrected chi connectivity index (χ0v) is 25.0. The molecule has 244 valence electrons. The molecule has 0 spiro atoms. The average molecular weight is 681 g/mol. The molecule has 2 heterocycles. The standard InChI is InChI=1S/C27H26F6N4O6S2/c1-2-3-16-4-6-17(7-5-16)14-34-23(38)20-15-36(25-35-22(26(28,29)30)21(44-25)24(39)40)12-13-37(20)45(41,42)19-10-8-18(9-11-19)43-27(31,32)33/h4-11,20H,2-3,12-15H2,1H3,(H,34,38)(H,39,40)/t20-/m1/s1. The molecular formula is C27H26F6N4O6S2. The van der Waals surface area contributed by atoms with Gasteiger partial charge in [-0.05, 0) is 41.8 Å². The summed E-state index contributed by atoms with van der Waals surface area (Å²) in [7, 11) is -4.54. The maximum Gasteiger partial charge on any atom is 0.573 e. The molecule has 0 aliphatic carbocycles. The summed E-state index contributed by atoms with van der Waals surface area (Å²) >= 11 is 0.231. The highest BCUT2D eigenvalue weighted by molar-refractivity contribution is 7.89. The number of carboxylic acid groups (broad SMARTS) is 1. The van der Waals surface area contributed by atoms with Crippen LogP contribution in [0.4, 0.5) is 31.5 Å². The van der Waals surface area contributed by atoms with Gasteiger partial charge in [-0.1, -0.05) is 48.9 Å². The Hall–Kier alpha value is -3.90. The van der Waals surface area contributed by atoms with E-state index in [9.17, 15) is 49.5 Å². The fraction of sp³-hybridized carbons (Fsp3) is 0.370. The predicted octanol–water partition coefficient (Wildman–Crippen LogP) is 4.91. The number of hydrogen-bond donors (Lipinski definition) is 2. The Morgan fingerprint density at radius 2 is 1.64 bits per heavy atom. The van der Waals surface area contributed by atoms with Crippen molar-refractivity contribution in [3.05, 3.63) is 70.2 Å². The number of nitrogens with one attached hydrogen (secondary N) is 1. The summed E-state index contributed by atoms with van der Waals surface area (Å²) in [6.07, 6.45) is -8.33. The Bertz CT molecular complexity index is 1630. The molecule has 1 fully saturated rings. The second kappa shape index (κ2) is 13.2. The number of carbonyl (C=O) groups excluding carboxylic acids is 1. The Morgan fingerprint density at radius 1 is 1.02 bits per heavy atom. The predicted molar refractivity (Wildman–Crippen MR) is 149 cm³/mol. The summed E-state index contributed by atoms with van der Waals surface area (Å²) in [5.74, 6) is -3.35. The van der Waals surface area contributed by atoms with E-state index in [4.69, 9.17) is 0 Å². The number of alkyl halides is 6. The molecule has 0 bridgehead atoms. The number of amides is 1. The monoisotopic (exact) mass is 680 g/mol. The van der Waals surface area contributed by atoms with E-state index in [0.717, 1.165) is 47.0 Å². The van der Waals surface area contributed by atoms with Gasteiger partial charge in [-0.15, -0.1) is 13.2 Å². The molecule has 1 atom stereocenters. The number of carbonyl (C=O) groups is 2. The fourth-order valence-electron chi connectivity index (χ4n) is 4.59. The molecule has 1 aliphatic rings. The van der Waals surface area contributed by atoms with Gasteiger partial charge in [0.2, 0.25) is 15.9 Å². The highest BCUT2D eigenvalue weighted by Crippen LogP contribution is 2.38. The number of carboxylic acids is 1. The van der Waals surface area contributed by atoms with Crippen molar-refractivity contribution >= 4 is 38.4 Å². The van der Waals surface area contributed by atoms with Crippen LogP contribution in [0.15, 0.2) is 53.4 Å². The zero-order chi connectivity index (χ0) is 33.2. The number of nitrogens with zero attached hydrogens (tertiary/aromatic N) is 3. The normalized spacial score (nSPS) is 16.4. The number of aryl methyl sites for hydroxylation is 1. The third kappa shape index (κ3) is 8.23. The molecule has 3 aromatic rings. The second-order valence-electron chi connectivity index (χ2n) is 9.86. The summed E-state index contributed by atoms with van der Waals surface area (Å²) in [6, 6.07) is 9.06. The Kier molecular flexibility index (Phi) is 9.98. The number of hydrogen-bond acceptors (Lipinski definition) is 8. The SMILES string of the molecule is CCCc1ccc(CNC(=O)[C@H]2CN(c3nc(C(F)(F)F)c(C(=O)O)s3)CCN2S(=O)(=O)c2ccc(OC(F)(F)F)cc2)cc1. The van der Waals surface area contributed by atoms with Crippen molar-refractivity contribution in [1.29, 1.82) is 0 Å². The molecule has 0 unspecified atom stereocenters. The van der Waals surface area contributed by atoms with E-state index in [1.807, 2.05) is 19.1 Å². The Morgan fingerprint density at radius 3 is 2.18 bits per heavy atom. The molecule has 1 aliphatic heterocycles. The van der Waals surface area contributed by atoms with Crippen molar-refractivity contribution in [3.63, 3.8) is 0 Å². The number of thiazole rings is 1. The minimum absolute atomic E-state index is 0.0161. The molecular weight excluding hydrogens is 654 g/mol. The van der Waals surface area contributed by atoms with Crippen molar-refractivity contribution in [2.45, 2.75) is 49.8 Å². The van der Waals surface area contributed by atoms with Crippen LogP contribution in [0.25, 0.3) is 0 Å². The number of halogens is 6. The van der Waals surface area contributed by atoms with Gasteiger partial charge in [-0.25, -0.2) is 18.2 Å². The van der Waals surface area contributed by atoms with Gasteiger partial charge in [0, 0.05) is 26.2 Å². The van der Waals surface area contributed by atoms with Gasteiger partial charge in [0.05, 0.1) is 4.90 Å². The molecule has 2 N–H and O–H groups in total. The summed E-state index contributed by atoms with van der Waals surface area (Å²) in [6.45, 7) is 0.777. The first-order valence-corrected chi connectivity index (χ1v) is 15.5. The first-order valence-electron chi connectivity index (χ1n) is 13.3. The van der Waals surface area contributed by atoms with E-state index in [0.29, 0.717) is 5.56 Å². The third-order valence-electron chi connectivity index (χ3n) is 6.68. The molecule has 18 heteroatoms. The van der Waals surface area contributed by atoms with E-state index < -0.39 is 74.8 Å². The molecule has 10 nitrogen and oxygen atoms in total. The number of ether oxygens (including phenoxy) is 1. The molecule has 0 radical (unpaired) electrons. The van der Waals surface area contributed by atoms with E-state index in [1.165, 1.54) is 4.90 Å². The van der Waals surface area contributed by atoms with Crippen molar-refractivity contribution in [2.75, 3.05) is 24.5 Å². The van der Waals surface area contributed by atoms with Crippen LogP contribution in [0.1, 0.15) is 39.8 Å². The molecule has 4 rings (SSSR count). The smallest absolute Gasteiger partial charge is 0.477 e. The van der Waals surface area contributed by atoms with Crippen LogP contribution in [0.3, 0.4) is 0 Å². The van der Waals surface area contributed by atoms with Crippen LogP contribution < -0.4 is 15.0 Å². The lowest BCUT2D eigenvalue weighted by Crippen LogP contribution is -2.60. The van der Waals surface area contributed by atoms with Gasteiger partial charge in [0.15, 0.2) is 10.8 Å². The summed E-state index contributed by atoms with van der Waals surface area (Å²) in [4.78, 5) is 28.1. The maximum atomic E-state index is 13.6. The number of rotatable bonds is 10. The first-order chi connectivity index (χ1) is 21.0. The van der Waals surface area contributed by atoms with E-state index in [-0.39, 0.29) is 29.6 Å². The number of aromatic carboxylic acids is 1. The third-order valence-corrected chi connectivity index (χ3v) is 9.70. The van der Waals surface area contributed by atoms with Crippen LogP contribution >= 0.6 is 11.3 Å². The highest BCUT2D eigenvalue weighted by Gasteiger charge is 2.44. The average Bonchev–Trinajstić information content (AvgIpc) is 3.43. The fourth-order valence-corrected chi connectivity index (χ4v) is 7.12. The number of piperazine rings is 1. The molecule has 1 amide bonds. The van der Waals surface area contributed by atoms with Crippen LogP contribution in [0.2, 0.25) is 0 Å². The summed E-state index contributed by atoms with van der Waals surface area (Å²) in [5.41, 5.74) is 0.131. The van der Waals surface area contributed by atoms with Gasteiger partial charge < -0.3 is 20.1 Å². The van der Waals surface area contributed by atoms with E-state index in [1.54, 1.807) is 12.1 Å². The van der Waals surface area contributed by atoms with Crippen molar-refractivity contribution < 1.29 is 54.2 Å². The van der Waals surface area contributed by atoms with Gasteiger partial charge in [-0.3, -0.25) is 4.79 Å². The van der Waals surface area contributed by atoms with Crippen LogP contribution in [-0.2, 0) is 34.0 Å². The number of sulfonamides is 1. The topological polar surface area (TPSA) is 129 Å². The van der Waals surface area contributed by atoms with Gasteiger partial charge >= 0.3 is 18.5 Å². The van der Waals surface area contributed by atoms with E-state index >= 15 is 0 Å². The summed E-state index contributed by atoms with van der Waals surface area (Å²) < 4.78 is 110. The summed E-state index contributed by atoms with van der Waals surface area (Å²) in [5, 5.41) is 11.5. The molecule has 2 aromatic carbocycles. The van der Waals surface area contributed by atoms with Gasteiger partial charge in [0.25, 0.3) is 0 Å². The van der Waals surface area contributed by atoms with Crippen molar-refractivity contribution in [2.24, 2.45) is 0 Å². The van der Waals surface area contributed by atoms with Crippen LogP contribution in [0, 0.1) is 0 Å². The Balaban J connectivity index is 1.63. The van der Waals surface area contributed by atoms with Crippen LogP contribution in [-0.4, -0.2) is 66.7 Å². The molecule has 1 saturated heterocycles.